The molecule has 0 saturated heterocycles. The predicted octanol–water partition coefficient (Wildman–Crippen LogP) is 4.11. The van der Waals surface area contributed by atoms with E-state index >= 15 is 0 Å². The van der Waals surface area contributed by atoms with Gasteiger partial charge in [0.05, 0.1) is 12.3 Å². The predicted molar refractivity (Wildman–Crippen MR) is 113 cm³/mol. The molecule has 1 N–H and O–H groups in total. The van der Waals surface area contributed by atoms with Crippen LogP contribution in [0.15, 0.2) is 29.8 Å². The molecule has 1 aliphatic rings. The van der Waals surface area contributed by atoms with E-state index in [9.17, 15) is 9.90 Å². The van der Waals surface area contributed by atoms with E-state index in [4.69, 9.17) is 4.74 Å². The molecule has 1 aliphatic carbocycles. The molecule has 2 aromatic rings. The fourth-order valence-corrected chi connectivity index (χ4v) is 4.03. The quantitative estimate of drug-likeness (QED) is 0.667. The lowest BCUT2D eigenvalue weighted by Crippen LogP contribution is -2.10. The lowest BCUT2D eigenvalue weighted by atomic mass is 10.1. The van der Waals surface area contributed by atoms with Gasteiger partial charge in [-0.1, -0.05) is 18.2 Å². The number of nitrogens with zero attached hydrogens (tertiary/aromatic N) is 3. The Morgan fingerprint density at radius 1 is 1.37 bits per heavy atom. The summed E-state index contributed by atoms with van der Waals surface area (Å²) >= 11 is 1.41. The smallest absolute Gasteiger partial charge is 0.339 e. The van der Waals surface area contributed by atoms with Crippen molar-refractivity contribution < 1.29 is 14.6 Å². The Labute approximate surface area is 164 Å². The molecular weight excluding hydrogens is 382 g/mol. The van der Waals surface area contributed by atoms with Crippen LogP contribution in [-0.4, -0.2) is 57.0 Å². The average molecular weight is 408 g/mol. The van der Waals surface area contributed by atoms with Gasteiger partial charge in [-0.2, -0.15) is 5.10 Å². The number of allylic oxidation sites excluding steroid dienone is 4. The molecule has 6 nitrogen and oxygen atoms in total. The lowest BCUT2D eigenvalue weighted by molar-refractivity contribution is 0.0694. The van der Waals surface area contributed by atoms with E-state index in [0.717, 1.165) is 29.9 Å². The standard InChI is InChI=1S/C19H25N3O3S2/c1-27(2,3)10-9-25-13-22-11-15(19(23)24)17(21-22)18-20-16(12-26-18)14-7-5-4-6-8-14/h5,7-8,11-12H,4,6,9-10,13H2,1-3H3,(H,23,24). The van der Waals surface area contributed by atoms with Crippen LogP contribution in [0.25, 0.3) is 16.3 Å². The highest BCUT2D eigenvalue weighted by molar-refractivity contribution is 8.32. The molecule has 0 atom stereocenters. The second kappa shape index (κ2) is 8.41. The van der Waals surface area contributed by atoms with Crippen molar-refractivity contribution in [3.8, 4) is 10.7 Å². The van der Waals surface area contributed by atoms with Gasteiger partial charge in [0.1, 0.15) is 23.0 Å². The molecule has 0 aliphatic heterocycles. The lowest BCUT2D eigenvalue weighted by Gasteiger charge is -2.24. The molecule has 2 aromatic heterocycles. The Hall–Kier alpha value is -1.90. The number of thiazole rings is 1. The zero-order chi connectivity index (χ0) is 19.4. The van der Waals surface area contributed by atoms with E-state index in [2.05, 4.69) is 47.1 Å². The summed E-state index contributed by atoms with van der Waals surface area (Å²) in [5.41, 5.74) is 2.48. The van der Waals surface area contributed by atoms with Gasteiger partial charge in [-0.15, -0.1) is 11.3 Å². The van der Waals surface area contributed by atoms with E-state index in [-0.39, 0.29) is 12.3 Å². The summed E-state index contributed by atoms with van der Waals surface area (Å²) in [6.45, 7) is 0.875. The number of rotatable bonds is 8. The number of aromatic carboxylic acids is 1. The third-order valence-electron chi connectivity index (χ3n) is 4.05. The molecule has 0 aromatic carbocycles. The Bertz CT molecular complexity index is 875. The SMILES string of the molecule is CS(C)(C)CCOCn1cc(C(=O)O)c(-c2nc(C3=CCCC=C3)cs2)n1. The fraction of sp³-hybridized carbons (Fsp3) is 0.421. The molecule has 0 radical (unpaired) electrons. The first-order valence-corrected chi connectivity index (χ1v) is 12.6. The molecule has 0 bridgehead atoms. The van der Waals surface area contributed by atoms with Gasteiger partial charge in [-0.05, 0) is 37.2 Å². The topological polar surface area (TPSA) is 77.2 Å². The fourth-order valence-electron chi connectivity index (χ4n) is 2.59. The first-order valence-electron chi connectivity index (χ1n) is 8.71. The van der Waals surface area contributed by atoms with Crippen LogP contribution >= 0.6 is 21.4 Å². The summed E-state index contributed by atoms with van der Waals surface area (Å²) in [5.74, 6) is -0.00492. The highest BCUT2D eigenvalue weighted by atomic mass is 32.3. The van der Waals surface area contributed by atoms with Crippen molar-refractivity contribution in [3.63, 3.8) is 0 Å². The molecule has 0 spiro atoms. The Morgan fingerprint density at radius 3 is 2.85 bits per heavy atom. The molecule has 2 heterocycles. The monoisotopic (exact) mass is 407 g/mol. The van der Waals surface area contributed by atoms with Gasteiger partial charge in [-0.3, -0.25) is 0 Å². The summed E-state index contributed by atoms with van der Waals surface area (Å²) in [4.78, 5) is 16.3. The molecule has 0 saturated carbocycles. The van der Waals surface area contributed by atoms with Crippen LogP contribution in [0.1, 0.15) is 28.9 Å². The molecule has 8 heteroatoms. The highest BCUT2D eigenvalue weighted by Crippen LogP contribution is 2.33. The maximum atomic E-state index is 11.6. The number of aromatic nitrogens is 3. The Balaban J connectivity index is 1.76. The van der Waals surface area contributed by atoms with Crippen molar-refractivity contribution in [3.05, 3.63) is 41.1 Å². The van der Waals surface area contributed by atoms with Crippen molar-refractivity contribution >= 4 is 32.9 Å². The minimum absolute atomic E-state index is 0.147. The zero-order valence-corrected chi connectivity index (χ0v) is 17.5. The summed E-state index contributed by atoms with van der Waals surface area (Å²) in [6, 6.07) is 0. The van der Waals surface area contributed by atoms with Gasteiger partial charge < -0.3 is 9.84 Å². The number of carboxylic acids is 1. The molecule has 27 heavy (non-hydrogen) atoms. The van der Waals surface area contributed by atoms with Crippen LogP contribution < -0.4 is 0 Å². The van der Waals surface area contributed by atoms with Crippen molar-refractivity contribution in [2.45, 2.75) is 19.6 Å². The van der Waals surface area contributed by atoms with Crippen molar-refractivity contribution in [1.29, 1.82) is 0 Å². The maximum absolute atomic E-state index is 11.6. The largest absolute Gasteiger partial charge is 0.478 e. The summed E-state index contributed by atoms with van der Waals surface area (Å²) in [7, 11) is -0.614. The van der Waals surface area contributed by atoms with Gasteiger partial charge in [0, 0.05) is 17.3 Å². The van der Waals surface area contributed by atoms with Crippen LogP contribution in [0.3, 0.4) is 0 Å². The van der Waals surface area contributed by atoms with Crippen LogP contribution in [0.2, 0.25) is 0 Å². The number of hydrogen-bond acceptors (Lipinski definition) is 5. The minimum atomic E-state index is -1.01. The van der Waals surface area contributed by atoms with Gasteiger partial charge >= 0.3 is 5.97 Å². The second-order valence-corrected chi connectivity index (χ2v) is 12.7. The van der Waals surface area contributed by atoms with Crippen molar-refractivity contribution in [1.82, 2.24) is 14.8 Å². The van der Waals surface area contributed by atoms with Crippen LogP contribution in [-0.2, 0) is 11.5 Å². The van der Waals surface area contributed by atoms with Gasteiger partial charge in [0.15, 0.2) is 0 Å². The van der Waals surface area contributed by atoms with Crippen molar-refractivity contribution in [2.24, 2.45) is 0 Å². The number of hydrogen-bond donors (Lipinski definition) is 1. The van der Waals surface area contributed by atoms with Crippen molar-refractivity contribution in [2.75, 3.05) is 31.1 Å². The normalized spacial score (nSPS) is 15.0. The van der Waals surface area contributed by atoms with E-state index in [1.807, 2.05) is 5.38 Å². The summed E-state index contributed by atoms with van der Waals surface area (Å²) in [5, 5.41) is 16.5. The van der Waals surface area contributed by atoms with Gasteiger partial charge in [-0.25, -0.2) is 24.5 Å². The second-order valence-electron chi connectivity index (χ2n) is 7.25. The van der Waals surface area contributed by atoms with Gasteiger partial charge in [0.2, 0.25) is 0 Å². The van der Waals surface area contributed by atoms with Crippen LogP contribution in [0, 0.1) is 0 Å². The molecule has 146 valence electrons. The molecular formula is C19H25N3O3S2. The van der Waals surface area contributed by atoms with E-state index < -0.39 is 16.0 Å². The highest BCUT2D eigenvalue weighted by Gasteiger charge is 2.20. The van der Waals surface area contributed by atoms with Crippen LogP contribution in [0.5, 0.6) is 0 Å². The number of carboxylic acid groups (broad SMARTS) is 1. The van der Waals surface area contributed by atoms with E-state index in [1.54, 1.807) is 0 Å². The molecule has 3 rings (SSSR count). The average Bonchev–Trinajstić information content (AvgIpc) is 3.26. The van der Waals surface area contributed by atoms with Gasteiger partial charge in [0.25, 0.3) is 0 Å². The van der Waals surface area contributed by atoms with E-state index in [1.165, 1.54) is 22.2 Å². The molecule has 0 amide bonds. The van der Waals surface area contributed by atoms with E-state index in [0.29, 0.717) is 17.3 Å². The maximum Gasteiger partial charge on any atom is 0.339 e. The summed E-state index contributed by atoms with van der Waals surface area (Å²) < 4.78 is 7.21. The molecule has 0 fully saturated rings. The third kappa shape index (κ3) is 5.31. The Morgan fingerprint density at radius 2 is 2.19 bits per heavy atom. The first kappa shape index (κ1) is 19.9. The molecule has 0 unspecified atom stereocenters. The first-order chi connectivity index (χ1) is 12.8. The summed E-state index contributed by atoms with van der Waals surface area (Å²) in [6.07, 6.45) is 16.6. The minimum Gasteiger partial charge on any atom is -0.478 e. The Kier molecular flexibility index (Phi) is 6.18. The zero-order valence-electron chi connectivity index (χ0n) is 15.8. The number of carbonyl (C=O) groups is 1. The third-order valence-corrected chi connectivity index (χ3v) is 6.29. The van der Waals surface area contributed by atoms with Crippen LogP contribution in [0.4, 0.5) is 0 Å². The number of ether oxygens (including phenoxy) is 1.